The van der Waals surface area contributed by atoms with Crippen LogP contribution >= 0.6 is 23.8 Å². The molecule has 1 aromatic heterocycles. The molecule has 9 nitrogen and oxygen atoms in total. The van der Waals surface area contributed by atoms with Gasteiger partial charge in [-0.05, 0) is 54.5 Å². The molecular weight excluding hydrogens is 588 g/mol. The highest BCUT2D eigenvalue weighted by atomic mass is 35.5. The van der Waals surface area contributed by atoms with Gasteiger partial charge < -0.3 is 29.6 Å². The number of nitrogens with zero attached hydrogens (tertiary/aromatic N) is 2. The number of fused-ring (bicyclic) bond motifs is 1. The van der Waals surface area contributed by atoms with Crippen LogP contribution in [0.3, 0.4) is 0 Å². The minimum absolute atomic E-state index is 0.178. The number of hydrogen-bond donors (Lipinski definition) is 2. The normalized spacial score (nSPS) is 13.3. The van der Waals surface area contributed by atoms with Gasteiger partial charge >= 0.3 is 0 Å². The Hall–Kier alpha value is -3.96. The molecule has 0 unspecified atom stereocenters. The lowest BCUT2D eigenvalue weighted by molar-refractivity contribution is -0.119. The van der Waals surface area contributed by atoms with Crippen molar-refractivity contribution in [3.05, 3.63) is 83.5 Å². The van der Waals surface area contributed by atoms with Crippen LogP contribution in [0.5, 0.6) is 23.0 Å². The first-order valence-electron chi connectivity index (χ1n) is 14.0. The number of thiocarbonyl (C=S) groups is 1. The molecule has 2 heterocycles. The number of amides is 1. The maximum atomic E-state index is 12.3. The summed E-state index contributed by atoms with van der Waals surface area (Å²) in [5.74, 6) is 2.01. The second kappa shape index (κ2) is 15.0. The van der Waals surface area contributed by atoms with Crippen LogP contribution in [-0.2, 0) is 16.0 Å². The Bertz CT molecular complexity index is 1570. The van der Waals surface area contributed by atoms with Crippen molar-refractivity contribution in [1.82, 2.24) is 15.2 Å². The van der Waals surface area contributed by atoms with Crippen molar-refractivity contribution in [2.24, 2.45) is 0 Å². The Morgan fingerprint density at radius 2 is 1.84 bits per heavy atom. The molecule has 0 aliphatic carbocycles. The number of pyridine rings is 1. The highest BCUT2D eigenvalue weighted by molar-refractivity contribution is 7.80. The van der Waals surface area contributed by atoms with Crippen LogP contribution in [0.2, 0.25) is 5.02 Å². The molecule has 0 spiro atoms. The van der Waals surface area contributed by atoms with Crippen molar-refractivity contribution in [1.29, 1.82) is 0 Å². The first-order chi connectivity index (χ1) is 21.0. The summed E-state index contributed by atoms with van der Waals surface area (Å²) in [6.45, 7) is 4.99. The van der Waals surface area contributed by atoms with E-state index in [4.69, 9.17) is 42.8 Å². The van der Waals surface area contributed by atoms with E-state index in [1.54, 1.807) is 37.6 Å². The topological polar surface area (TPSA) is 94.2 Å². The smallest absolute Gasteiger partial charge is 0.230 e. The zero-order valence-electron chi connectivity index (χ0n) is 23.8. The number of morpholine rings is 1. The summed E-state index contributed by atoms with van der Waals surface area (Å²) in [4.78, 5) is 19.2. The predicted octanol–water partition coefficient (Wildman–Crippen LogP) is 5.85. The SMILES string of the molecule is COc1cc2c(Oc3ccc(NC(=S)NC(=O)Cc4ccccc4)cc3Cl)ccnc2cc1OCCCN1CCOCC1. The molecule has 4 aromatic rings. The van der Waals surface area contributed by atoms with Crippen molar-refractivity contribution in [2.45, 2.75) is 12.8 Å². The van der Waals surface area contributed by atoms with E-state index in [0.717, 1.165) is 50.2 Å². The number of carbonyl (C=O) groups excluding carboxylic acids is 1. The number of methoxy groups -OCH3 is 1. The lowest BCUT2D eigenvalue weighted by atomic mass is 10.1. The maximum Gasteiger partial charge on any atom is 0.230 e. The van der Waals surface area contributed by atoms with E-state index in [0.29, 0.717) is 45.8 Å². The predicted molar refractivity (Wildman–Crippen MR) is 172 cm³/mol. The van der Waals surface area contributed by atoms with Crippen LogP contribution in [0.25, 0.3) is 10.9 Å². The van der Waals surface area contributed by atoms with Gasteiger partial charge in [-0.2, -0.15) is 0 Å². The van der Waals surface area contributed by atoms with E-state index in [-0.39, 0.29) is 17.4 Å². The number of anilines is 1. The Morgan fingerprint density at radius 3 is 2.60 bits per heavy atom. The van der Waals surface area contributed by atoms with Crippen molar-refractivity contribution in [2.75, 3.05) is 51.9 Å². The number of hydrogen-bond acceptors (Lipinski definition) is 8. The Balaban J connectivity index is 1.21. The van der Waals surface area contributed by atoms with Crippen LogP contribution in [0.4, 0.5) is 5.69 Å². The highest BCUT2D eigenvalue weighted by Gasteiger charge is 2.15. The number of rotatable bonds is 11. The fraction of sp³-hybridized carbons (Fsp3) is 0.281. The van der Waals surface area contributed by atoms with Crippen LogP contribution in [0.15, 0.2) is 72.9 Å². The molecular formula is C32H33ClN4O5S. The summed E-state index contributed by atoms with van der Waals surface area (Å²) in [6, 6.07) is 20.1. The molecule has 5 rings (SSSR count). The molecule has 11 heteroatoms. The van der Waals surface area contributed by atoms with Gasteiger partial charge in [-0.3, -0.25) is 14.7 Å². The van der Waals surface area contributed by atoms with E-state index >= 15 is 0 Å². The number of halogens is 1. The van der Waals surface area contributed by atoms with E-state index in [9.17, 15) is 4.79 Å². The molecule has 0 radical (unpaired) electrons. The second-order valence-electron chi connectivity index (χ2n) is 9.90. The number of aromatic nitrogens is 1. The van der Waals surface area contributed by atoms with Gasteiger partial charge in [0.15, 0.2) is 16.6 Å². The molecule has 1 aliphatic rings. The molecule has 1 saturated heterocycles. The van der Waals surface area contributed by atoms with Crippen molar-refractivity contribution in [3.63, 3.8) is 0 Å². The third kappa shape index (κ3) is 8.55. The fourth-order valence-corrected chi connectivity index (χ4v) is 5.13. The zero-order chi connectivity index (χ0) is 30.0. The Kier molecular flexibility index (Phi) is 10.6. The Morgan fingerprint density at radius 1 is 1.02 bits per heavy atom. The molecule has 1 fully saturated rings. The summed E-state index contributed by atoms with van der Waals surface area (Å²) in [6.07, 6.45) is 2.79. The van der Waals surface area contributed by atoms with E-state index in [1.165, 1.54) is 0 Å². The summed E-state index contributed by atoms with van der Waals surface area (Å²) >= 11 is 11.9. The molecule has 224 valence electrons. The average molecular weight is 621 g/mol. The van der Waals surface area contributed by atoms with Crippen molar-refractivity contribution >= 4 is 51.4 Å². The number of benzene rings is 3. The number of nitrogens with one attached hydrogen (secondary N) is 2. The molecule has 0 atom stereocenters. The summed E-state index contributed by atoms with van der Waals surface area (Å²) in [5, 5.41) is 6.97. The van der Waals surface area contributed by atoms with Gasteiger partial charge in [-0.15, -0.1) is 0 Å². The minimum Gasteiger partial charge on any atom is -0.493 e. The lowest BCUT2D eigenvalue weighted by Crippen LogP contribution is -2.37. The van der Waals surface area contributed by atoms with Crippen LogP contribution in [0.1, 0.15) is 12.0 Å². The first-order valence-corrected chi connectivity index (χ1v) is 14.8. The van der Waals surface area contributed by atoms with Crippen LogP contribution < -0.4 is 24.8 Å². The molecule has 1 amide bonds. The number of ether oxygens (including phenoxy) is 4. The van der Waals surface area contributed by atoms with Gasteiger partial charge in [0.1, 0.15) is 11.5 Å². The molecule has 43 heavy (non-hydrogen) atoms. The zero-order valence-corrected chi connectivity index (χ0v) is 25.4. The third-order valence-electron chi connectivity index (χ3n) is 6.84. The first kappa shape index (κ1) is 30.5. The van der Waals surface area contributed by atoms with E-state index < -0.39 is 0 Å². The quantitative estimate of drug-likeness (QED) is 0.158. The van der Waals surface area contributed by atoms with Crippen molar-refractivity contribution < 1.29 is 23.7 Å². The molecule has 3 aromatic carbocycles. The lowest BCUT2D eigenvalue weighted by Gasteiger charge is -2.26. The third-order valence-corrected chi connectivity index (χ3v) is 7.34. The van der Waals surface area contributed by atoms with E-state index in [1.807, 2.05) is 42.5 Å². The largest absolute Gasteiger partial charge is 0.493 e. The highest BCUT2D eigenvalue weighted by Crippen LogP contribution is 2.39. The van der Waals surface area contributed by atoms with Crippen molar-refractivity contribution in [3.8, 4) is 23.0 Å². The van der Waals surface area contributed by atoms with Gasteiger partial charge in [0.25, 0.3) is 0 Å². The second-order valence-corrected chi connectivity index (χ2v) is 10.7. The average Bonchev–Trinajstić information content (AvgIpc) is 3.01. The fourth-order valence-electron chi connectivity index (χ4n) is 4.68. The monoisotopic (exact) mass is 620 g/mol. The molecule has 0 saturated carbocycles. The van der Waals surface area contributed by atoms with Gasteiger partial charge in [0, 0.05) is 43.0 Å². The summed E-state index contributed by atoms with van der Waals surface area (Å²) in [7, 11) is 1.61. The molecule has 0 bridgehead atoms. The molecule has 2 N–H and O–H groups in total. The summed E-state index contributed by atoms with van der Waals surface area (Å²) < 4.78 is 23.3. The standard InChI is InChI=1S/C32H33ClN4O5S/c1-39-29-20-24-26(21-30(29)41-15-5-12-37-13-16-40-17-14-37)34-11-10-27(24)42-28-9-8-23(19-25(28)33)35-32(43)36-31(38)18-22-6-3-2-4-7-22/h2-4,6-11,19-21H,5,12-18H2,1H3,(H2,35,36,38,43). The van der Waals surface area contributed by atoms with Gasteiger partial charge in [0.2, 0.25) is 5.91 Å². The van der Waals surface area contributed by atoms with Gasteiger partial charge in [-0.25, -0.2) is 0 Å². The van der Waals surface area contributed by atoms with E-state index in [2.05, 4.69) is 20.5 Å². The maximum absolute atomic E-state index is 12.3. The minimum atomic E-state index is -0.212. The van der Waals surface area contributed by atoms with Crippen LogP contribution in [0, 0.1) is 0 Å². The summed E-state index contributed by atoms with van der Waals surface area (Å²) in [5.41, 5.74) is 2.21. The van der Waals surface area contributed by atoms with Gasteiger partial charge in [-0.1, -0.05) is 41.9 Å². The Labute approximate surface area is 261 Å². The van der Waals surface area contributed by atoms with Crippen LogP contribution in [-0.4, -0.2) is 67.5 Å². The number of carbonyl (C=O) groups is 1. The molecule has 1 aliphatic heterocycles. The van der Waals surface area contributed by atoms with Gasteiger partial charge in [0.05, 0.1) is 43.9 Å².